The molecule has 0 spiro atoms. The van der Waals surface area contributed by atoms with Crippen molar-refractivity contribution in [2.75, 3.05) is 0 Å². The van der Waals surface area contributed by atoms with Crippen LogP contribution in [-0.4, -0.2) is 22.5 Å². The molecule has 3 N–H and O–H groups in total. The number of aryl methyl sites for hydroxylation is 2. The zero-order chi connectivity index (χ0) is 15.5. The molecular weight excluding hydrogens is 290 g/mol. The molecule has 0 aliphatic carbocycles. The fourth-order valence-corrected chi connectivity index (χ4v) is 3.15. The van der Waals surface area contributed by atoms with E-state index < -0.39 is 10.0 Å². The summed E-state index contributed by atoms with van der Waals surface area (Å²) >= 11 is 0. The van der Waals surface area contributed by atoms with Crippen LogP contribution in [0.15, 0.2) is 29.6 Å². The third-order valence-corrected chi connectivity index (χ3v) is 4.65. The van der Waals surface area contributed by atoms with Crippen molar-refractivity contribution in [3.63, 3.8) is 0 Å². The molecule has 0 bridgehead atoms. The van der Waals surface area contributed by atoms with E-state index in [1.807, 2.05) is 18.5 Å². The van der Waals surface area contributed by atoms with E-state index in [1.165, 1.54) is 0 Å². The van der Waals surface area contributed by atoms with Crippen LogP contribution in [0.5, 0.6) is 0 Å². The Labute approximate surface area is 124 Å². The highest BCUT2D eigenvalue weighted by Gasteiger charge is 2.18. The molecule has 2 aromatic rings. The van der Waals surface area contributed by atoms with Crippen LogP contribution in [0.25, 0.3) is 0 Å². The summed E-state index contributed by atoms with van der Waals surface area (Å²) in [4.78, 5) is 4.33. The largest absolute Gasteiger partial charge is 0.349 e. The van der Waals surface area contributed by atoms with Crippen LogP contribution in [0.1, 0.15) is 24.9 Å². The summed E-state index contributed by atoms with van der Waals surface area (Å²) in [5, 5.41) is 0. The summed E-state index contributed by atoms with van der Waals surface area (Å²) < 4.78 is 30.9. The van der Waals surface area contributed by atoms with Gasteiger partial charge in [0.05, 0.1) is 11.4 Å². The number of imidazole rings is 1. The van der Waals surface area contributed by atoms with Crippen LogP contribution in [0, 0.1) is 0 Å². The van der Waals surface area contributed by atoms with Crippen molar-refractivity contribution in [3.05, 3.63) is 36.2 Å². The highest BCUT2D eigenvalue weighted by Crippen LogP contribution is 2.15. The lowest BCUT2D eigenvalue weighted by molar-refractivity contribution is 0.576. The van der Waals surface area contributed by atoms with Gasteiger partial charge in [0, 0.05) is 44.4 Å². The second kappa shape index (κ2) is 6.42. The number of nitrogens with zero attached hydrogens (tertiary/aromatic N) is 3. The molecule has 21 heavy (non-hydrogen) atoms. The first kappa shape index (κ1) is 15.7. The lowest BCUT2D eigenvalue weighted by Crippen LogP contribution is -2.24. The monoisotopic (exact) mass is 311 g/mol. The van der Waals surface area contributed by atoms with E-state index in [4.69, 9.17) is 5.73 Å². The van der Waals surface area contributed by atoms with Gasteiger partial charge in [-0.05, 0) is 12.5 Å². The van der Waals surface area contributed by atoms with Crippen molar-refractivity contribution in [2.24, 2.45) is 12.8 Å². The number of hydrogen-bond donors (Lipinski definition) is 2. The Morgan fingerprint density at radius 2 is 2.19 bits per heavy atom. The van der Waals surface area contributed by atoms with Gasteiger partial charge in [-0.3, -0.25) is 0 Å². The summed E-state index contributed by atoms with van der Waals surface area (Å²) in [7, 11) is -1.74. The highest BCUT2D eigenvalue weighted by molar-refractivity contribution is 7.89. The predicted molar refractivity (Wildman–Crippen MR) is 79.8 cm³/mol. The van der Waals surface area contributed by atoms with Gasteiger partial charge in [-0.1, -0.05) is 6.92 Å². The number of sulfonamides is 1. The molecule has 0 saturated carbocycles. The summed E-state index contributed by atoms with van der Waals surface area (Å²) in [5.41, 5.74) is 6.47. The predicted octanol–water partition coefficient (Wildman–Crippen LogP) is 0.569. The Morgan fingerprint density at radius 3 is 2.76 bits per heavy atom. The van der Waals surface area contributed by atoms with E-state index in [0.717, 1.165) is 18.7 Å². The molecule has 2 heterocycles. The van der Waals surface area contributed by atoms with E-state index >= 15 is 0 Å². The minimum absolute atomic E-state index is 0.156. The quantitative estimate of drug-likeness (QED) is 0.781. The lowest BCUT2D eigenvalue weighted by Gasteiger charge is -2.05. The van der Waals surface area contributed by atoms with Crippen LogP contribution >= 0.6 is 0 Å². The Morgan fingerprint density at radius 1 is 1.43 bits per heavy atom. The molecule has 0 aliphatic rings. The topological polar surface area (TPSA) is 94.9 Å². The number of nitrogens with two attached hydrogens (primary N) is 1. The first-order valence-electron chi connectivity index (χ1n) is 6.83. The molecule has 0 unspecified atom stereocenters. The van der Waals surface area contributed by atoms with Gasteiger partial charge in [0.15, 0.2) is 0 Å². The van der Waals surface area contributed by atoms with Crippen LogP contribution in [0.2, 0.25) is 0 Å². The van der Waals surface area contributed by atoms with Crippen LogP contribution in [-0.2, 0) is 36.7 Å². The third-order valence-electron chi connectivity index (χ3n) is 3.29. The molecule has 0 aliphatic heterocycles. The first-order chi connectivity index (χ1) is 9.97. The molecule has 0 saturated heterocycles. The van der Waals surface area contributed by atoms with Gasteiger partial charge < -0.3 is 14.9 Å². The molecular formula is C13H21N5O2S. The summed E-state index contributed by atoms with van der Waals surface area (Å²) in [6.07, 6.45) is 5.95. The second-order valence-electron chi connectivity index (χ2n) is 4.84. The first-order valence-corrected chi connectivity index (χ1v) is 8.31. The average molecular weight is 311 g/mol. The molecule has 8 heteroatoms. The number of nitrogens with one attached hydrogen (secondary N) is 1. The highest BCUT2D eigenvalue weighted by atomic mass is 32.2. The molecule has 0 amide bonds. The van der Waals surface area contributed by atoms with Gasteiger partial charge >= 0.3 is 0 Å². The van der Waals surface area contributed by atoms with E-state index in [0.29, 0.717) is 12.4 Å². The van der Waals surface area contributed by atoms with Gasteiger partial charge in [0.1, 0.15) is 5.82 Å². The Balaban J connectivity index is 2.17. The van der Waals surface area contributed by atoms with Gasteiger partial charge in [-0.25, -0.2) is 18.1 Å². The second-order valence-corrected chi connectivity index (χ2v) is 6.61. The molecule has 0 radical (unpaired) electrons. The number of rotatable bonds is 7. The van der Waals surface area contributed by atoms with Crippen molar-refractivity contribution in [1.82, 2.24) is 18.8 Å². The fraction of sp³-hybridized carbons (Fsp3) is 0.462. The molecule has 0 atom stereocenters. The maximum atomic E-state index is 12.3. The van der Waals surface area contributed by atoms with E-state index in [1.54, 1.807) is 29.2 Å². The van der Waals surface area contributed by atoms with E-state index in [-0.39, 0.29) is 11.4 Å². The molecule has 2 rings (SSSR count). The molecule has 0 aromatic carbocycles. The van der Waals surface area contributed by atoms with Crippen molar-refractivity contribution >= 4 is 10.0 Å². The van der Waals surface area contributed by atoms with Crippen molar-refractivity contribution in [1.29, 1.82) is 0 Å². The minimum Gasteiger partial charge on any atom is -0.349 e. The molecule has 0 fully saturated rings. The Hall–Kier alpha value is -1.64. The van der Waals surface area contributed by atoms with E-state index in [2.05, 4.69) is 9.71 Å². The van der Waals surface area contributed by atoms with E-state index in [9.17, 15) is 8.42 Å². The minimum atomic E-state index is -3.56. The average Bonchev–Trinajstić information content (AvgIpc) is 3.04. The van der Waals surface area contributed by atoms with Crippen molar-refractivity contribution in [2.45, 2.75) is 37.9 Å². The maximum Gasteiger partial charge on any atom is 0.242 e. The van der Waals surface area contributed by atoms with Gasteiger partial charge in [-0.15, -0.1) is 0 Å². The van der Waals surface area contributed by atoms with Crippen molar-refractivity contribution < 1.29 is 8.42 Å². The van der Waals surface area contributed by atoms with Crippen LogP contribution < -0.4 is 10.5 Å². The van der Waals surface area contributed by atoms with Gasteiger partial charge in [0.25, 0.3) is 0 Å². The Bertz CT molecular complexity index is 702. The fourth-order valence-electron chi connectivity index (χ4n) is 2.10. The van der Waals surface area contributed by atoms with Gasteiger partial charge in [-0.2, -0.15) is 0 Å². The summed E-state index contributed by atoms with van der Waals surface area (Å²) in [5.74, 6) is 0.658. The molecule has 7 nitrogen and oxygen atoms in total. The normalized spacial score (nSPS) is 12.0. The molecule has 116 valence electrons. The molecule has 2 aromatic heterocycles. The maximum absolute atomic E-state index is 12.3. The van der Waals surface area contributed by atoms with Crippen molar-refractivity contribution in [3.8, 4) is 0 Å². The SMILES string of the molecule is CCCn1cc(S(=O)(=O)NCc2nccn2C)cc1CN. The Kier molecular flexibility index (Phi) is 4.81. The lowest BCUT2D eigenvalue weighted by atomic mass is 10.4. The summed E-state index contributed by atoms with van der Waals surface area (Å²) in [6, 6.07) is 1.62. The van der Waals surface area contributed by atoms with Gasteiger partial charge in [0.2, 0.25) is 10.0 Å². The third kappa shape index (κ3) is 3.52. The number of hydrogen-bond acceptors (Lipinski definition) is 4. The standard InChI is InChI=1S/C13H21N5O2S/c1-3-5-18-10-12(7-11(18)8-14)21(19,20)16-9-13-15-4-6-17(13)2/h4,6-7,10,16H,3,5,8-9,14H2,1-2H3. The smallest absolute Gasteiger partial charge is 0.242 e. The summed E-state index contributed by atoms with van der Waals surface area (Å²) in [6.45, 7) is 3.26. The van der Waals surface area contributed by atoms with Crippen LogP contribution in [0.4, 0.5) is 0 Å². The zero-order valence-corrected chi connectivity index (χ0v) is 13.1. The zero-order valence-electron chi connectivity index (χ0n) is 12.3. The number of aromatic nitrogens is 3. The van der Waals surface area contributed by atoms with Crippen LogP contribution in [0.3, 0.4) is 0 Å².